The fourth-order valence-corrected chi connectivity index (χ4v) is 2.68. The van der Waals surface area contributed by atoms with Crippen molar-refractivity contribution in [1.29, 1.82) is 0 Å². The van der Waals surface area contributed by atoms with Crippen molar-refractivity contribution in [3.63, 3.8) is 0 Å². The highest BCUT2D eigenvalue weighted by atomic mass is 19.1. The number of carbonyl (C=O) groups excluding carboxylic acids is 2. The lowest BCUT2D eigenvalue weighted by Gasteiger charge is -2.26. The number of rotatable bonds is 3. The third-order valence-electron chi connectivity index (χ3n) is 4.06. The summed E-state index contributed by atoms with van der Waals surface area (Å²) >= 11 is 0. The molecule has 3 amide bonds. The molecule has 1 heterocycles. The van der Waals surface area contributed by atoms with E-state index in [2.05, 4.69) is 21.5 Å². The van der Waals surface area contributed by atoms with Crippen molar-refractivity contribution < 1.29 is 14.0 Å². The quantitative estimate of drug-likeness (QED) is 0.691. The highest BCUT2D eigenvalue weighted by Gasteiger charge is 2.21. The third kappa shape index (κ3) is 4.13. The molecule has 2 aromatic rings. The van der Waals surface area contributed by atoms with Gasteiger partial charge in [-0.1, -0.05) is 24.3 Å². The van der Waals surface area contributed by atoms with E-state index in [-0.39, 0.29) is 17.8 Å². The number of hydrogen-bond acceptors (Lipinski definition) is 3. The number of urea groups is 1. The number of amides is 3. The van der Waals surface area contributed by atoms with Gasteiger partial charge < -0.3 is 10.6 Å². The molecule has 0 radical (unpaired) electrons. The molecule has 1 aliphatic rings. The van der Waals surface area contributed by atoms with Crippen LogP contribution in [0.1, 0.15) is 30.0 Å². The molecule has 1 unspecified atom stereocenters. The molecule has 0 aliphatic carbocycles. The molecule has 25 heavy (non-hydrogen) atoms. The van der Waals surface area contributed by atoms with E-state index < -0.39 is 6.03 Å². The van der Waals surface area contributed by atoms with Crippen molar-refractivity contribution >= 4 is 23.3 Å². The van der Waals surface area contributed by atoms with Crippen LogP contribution in [0.4, 0.5) is 20.6 Å². The van der Waals surface area contributed by atoms with Crippen LogP contribution in [-0.2, 0) is 4.79 Å². The van der Waals surface area contributed by atoms with E-state index in [4.69, 9.17) is 0 Å². The summed E-state index contributed by atoms with van der Waals surface area (Å²) in [6, 6.07) is 11.3. The summed E-state index contributed by atoms with van der Waals surface area (Å²) in [5.74, 6) is -0.429. The molecule has 4 N–H and O–H groups in total. The van der Waals surface area contributed by atoms with Crippen molar-refractivity contribution in [3.05, 3.63) is 59.4 Å². The summed E-state index contributed by atoms with van der Waals surface area (Å²) in [6.45, 7) is 1.66. The predicted octanol–water partition coefficient (Wildman–Crippen LogP) is 3.23. The van der Waals surface area contributed by atoms with Gasteiger partial charge in [0.15, 0.2) is 0 Å². The van der Waals surface area contributed by atoms with Crippen LogP contribution in [0, 0.1) is 12.7 Å². The third-order valence-corrected chi connectivity index (χ3v) is 4.06. The Morgan fingerprint density at radius 2 is 2.00 bits per heavy atom. The Bertz CT molecular complexity index is 799. The highest BCUT2D eigenvalue weighted by molar-refractivity contribution is 6.00. The highest BCUT2D eigenvalue weighted by Crippen LogP contribution is 2.27. The number of aryl methyl sites for hydroxylation is 1. The summed E-state index contributed by atoms with van der Waals surface area (Å²) < 4.78 is 13.6. The fraction of sp³-hybridized carbons (Fsp3) is 0.222. The van der Waals surface area contributed by atoms with Crippen LogP contribution in [0.15, 0.2) is 42.5 Å². The zero-order valence-corrected chi connectivity index (χ0v) is 13.7. The van der Waals surface area contributed by atoms with E-state index in [9.17, 15) is 14.0 Å². The van der Waals surface area contributed by atoms with Gasteiger partial charge in [0.2, 0.25) is 5.91 Å². The Morgan fingerprint density at radius 3 is 2.72 bits per heavy atom. The lowest BCUT2D eigenvalue weighted by atomic mass is 9.99. The Labute approximate surface area is 144 Å². The number of para-hydroxylation sites is 1. The average molecular weight is 342 g/mol. The topological polar surface area (TPSA) is 82.3 Å². The van der Waals surface area contributed by atoms with Gasteiger partial charge in [0.25, 0.3) is 0 Å². The summed E-state index contributed by atoms with van der Waals surface area (Å²) in [5.41, 5.74) is 7.93. The van der Waals surface area contributed by atoms with Gasteiger partial charge in [-0.25, -0.2) is 14.6 Å². The van der Waals surface area contributed by atoms with Gasteiger partial charge in [0.05, 0.1) is 6.04 Å². The van der Waals surface area contributed by atoms with E-state index in [1.807, 2.05) is 18.2 Å². The molecule has 0 bridgehead atoms. The van der Waals surface area contributed by atoms with Crippen LogP contribution in [0.3, 0.4) is 0 Å². The van der Waals surface area contributed by atoms with Crippen molar-refractivity contribution in [2.75, 3.05) is 10.6 Å². The summed E-state index contributed by atoms with van der Waals surface area (Å²) in [5, 5.41) is 5.39. The van der Waals surface area contributed by atoms with Gasteiger partial charge in [-0.2, -0.15) is 0 Å². The van der Waals surface area contributed by atoms with E-state index in [1.54, 1.807) is 25.1 Å². The Morgan fingerprint density at radius 1 is 1.20 bits per heavy atom. The maximum atomic E-state index is 13.6. The van der Waals surface area contributed by atoms with Crippen molar-refractivity contribution in [1.82, 2.24) is 10.9 Å². The smallest absolute Gasteiger partial charge is 0.308 e. The maximum absolute atomic E-state index is 13.6. The molecule has 3 rings (SSSR count). The van der Waals surface area contributed by atoms with Crippen molar-refractivity contribution in [2.45, 2.75) is 25.8 Å². The molecule has 1 saturated heterocycles. The van der Waals surface area contributed by atoms with Gasteiger partial charge in [0, 0.05) is 17.8 Å². The summed E-state index contributed by atoms with van der Waals surface area (Å²) in [6.07, 6.45) is 1.05. The first-order valence-corrected chi connectivity index (χ1v) is 8.00. The number of halogens is 1. The standard InChI is InChI=1S/C18H19FN4O2/c1-11-6-7-12(10-14(11)19)20-18(25)21-15-5-3-2-4-13(15)16-8-9-17(24)23-22-16/h2-7,10,16,22H,8-9H2,1H3,(H,23,24)(H2,20,21,25). The maximum Gasteiger partial charge on any atom is 0.323 e. The summed E-state index contributed by atoms with van der Waals surface area (Å²) in [7, 11) is 0. The van der Waals surface area contributed by atoms with E-state index in [1.165, 1.54) is 6.07 Å². The molecule has 0 aromatic heterocycles. The SMILES string of the molecule is Cc1ccc(NC(=O)Nc2ccccc2C2CCC(=O)NN2)cc1F. The molecule has 7 heteroatoms. The number of hydrazine groups is 1. The van der Waals surface area contributed by atoms with E-state index in [0.717, 1.165) is 5.56 Å². The van der Waals surface area contributed by atoms with Gasteiger partial charge in [-0.05, 0) is 42.7 Å². The second-order valence-corrected chi connectivity index (χ2v) is 5.91. The van der Waals surface area contributed by atoms with Crippen LogP contribution in [0.2, 0.25) is 0 Å². The molecule has 1 atom stereocenters. The molecule has 1 fully saturated rings. The normalized spacial score (nSPS) is 16.9. The van der Waals surface area contributed by atoms with Crippen molar-refractivity contribution in [2.24, 2.45) is 0 Å². The minimum Gasteiger partial charge on any atom is -0.308 e. The lowest BCUT2D eigenvalue weighted by Crippen LogP contribution is -2.44. The van der Waals surface area contributed by atoms with E-state index in [0.29, 0.717) is 29.8 Å². The summed E-state index contributed by atoms with van der Waals surface area (Å²) in [4.78, 5) is 23.5. The largest absolute Gasteiger partial charge is 0.323 e. The van der Waals surface area contributed by atoms with Crippen molar-refractivity contribution in [3.8, 4) is 0 Å². The Hall–Kier alpha value is -2.93. The average Bonchev–Trinajstić information content (AvgIpc) is 2.59. The monoisotopic (exact) mass is 342 g/mol. The molecule has 6 nitrogen and oxygen atoms in total. The van der Waals surface area contributed by atoms with Crippen LogP contribution < -0.4 is 21.5 Å². The molecule has 0 saturated carbocycles. The number of nitrogens with one attached hydrogen (secondary N) is 4. The molecule has 2 aromatic carbocycles. The number of anilines is 2. The zero-order valence-electron chi connectivity index (χ0n) is 13.7. The molecule has 1 aliphatic heterocycles. The lowest BCUT2D eigenvalue weighted by molar-refractivity contribution is -0.124. The number of hydrogen-bond donors (Lipinski definition) is 4. The van der Waals surface area contributed by atoms with E-state index >= 15 is 0 Å². The van der Waals surface area contributed by atoms with Gasteiger partial charge >= 0.3 is 6.03 Å². The number of carbonyl (C=O) groups is 2. The van der Waals surface area contributed by atoms with Crippen LogP contribution in [-0.4, -0.2) is 11.9 Å². The van der Waals surface area contributed by atoms with Crippen LogP contribution in [0.5, 0.6) is 0 Å². The van der Waals surface area contributed by atoms with Gasteiger partial charge in [-0.3, -0.25) is 10.2 Å². The molecule has 130 valence electrons. The second-order valence-electron chi connectivity index (χ2n) is 5.91. The molecular formula is C18H19FN4O2. The van der Waals surface area contributed by atoms with Gasteiger partial charge in [0.1, 0.15) is 5.82 Å². The van der Waals surface area contributed by atoms with Crippen LogP contribution >= 0.6 is 0 Å². The Kier molecular flexibility index (Phi) is 4.95. The van der Waals surface area contributed by atoms with Gasteiger partial charge in [-0.15, -0.1) is 0 Å². The molecular weight excluding hydrogens is 323 g/mol. The second kappa shape index (κ2) is 7.31. The van der Waals surface area contributed by atoms with Crippen LogP contribution in [0.25, 0.3) is 0 Å². The first kappa shape index (κ1) is 16.9. The minimum absolute atomic E-state index is 0.0548. The first-order chi connectivity index (χ1) is 12.0. The zero-order chi connectivity index (χ0) is 17.8. The minimum atomic E-state index is -0.462. The first-order valence-electron chi connectivity index (χ1n) is 8.00. The predicted molar refractivity (Wildman–Crippen MR) is 93.5 cm³/mol. The molecule has 0 spiro atoms. The Balaban J connectivity index is 1.71. The number of benzene rings is 2. The fourth-order valence-electron chi connectivity index (χ4n) is 2.68.